The highest BCUT2D eigenvalue weighted by molar-refractivity contribution is 5.21. The zero-order valence-electron chi connectivity index (χ0n) is 12.2. The van der Waals surface area contributed by atoms with E-state index in [1.807, 2.05) is 6.92 Å². The van der Waals surface area contributed by atoms with Gasteiger partial charge in [0.05, 0.1) is 6.10 Å². The van der Waals surface area contributed by atoms with Crippen LogP contribution in [-0.2, 0) is 6.54 Å². The van der Waals surface area contributed by atoms with Crippen LogP contribution in [-0.4, -0.2) is 29.2 Å². The minimum atomic E-state index is -0.214. The van der Waals surface area contributed by atoms with E-state index in [1.54, 1.807) is 0 Å². The SMILES string of the molecule is CCC(O)CN(Cc1ccc(C)cc1)CC(C)C. The molecule has 1 atom stereocenters. The van der Waals surface area contributed by atoms with Gasteiger partial charge in [0.2, 0.25) is 0 Å². The molecular weight excluding hydrogens is 222 g/mol. The summed E-state index contributed by atoms with van der Waals surface area (Å²) in [5.74, 6) is 0.625. The molecule has 0 heterocycles. The summed E-state index contributed by atoms with van der Waals surface area (Å²) in [5, 5.41) is 9.82. The van der Waals surface area contributed by atoms with Crippen LogP contribution in [0.15, 0.2) is 24.3 Å². The van der Waals surface area contributed by atoms with E-state index >= 15 is 0 Å². The van der Waals surface area contributed by atoms with Gasteiger partial charge in [0.25, 0.3) is 0 Å². The van der Waals surface area contributed by atoms with Crippen molar-refractivity contribution in [1.29, 1.82) is 0 Å². The first kappa shape index (κ1) is 15.2. The van der Waals surface area contributed by atoms with Crippen molar-refractivity contribution < 1.29 is 5.11 Å². The predicted molar refractivity (Wildman–Crippen MR) is 77.6 cm³/mol. The molecule has 0 bridgehead atoms. The van der Waals surface area contributed by atoms with Gasteiger partial charge in [0, 0.05) is 19.6 Å². The molecule has 1 N–H and O–H groups in total. The minimum Gasteiger partial charge on any atom is -0.392 e. The van der Waals surface area contributed by atoms with E-state index in [2.05, 4.69) is 49.9 Å². The Morgan fingerprint density at radius 3 is 2.22 bits per heavy atom. The van der Waals surface area contributed by atoms with Crippen molar-refractivity contribution in [2.45, 2.75) is 46.8 Å². The number of aliphatic hydroxyl groups is 1. The largest absolute Gasteiger partial charge is 0.392 e. The Labute approximate surface area is 112 Å². The van der Waals surface area contributed by atoms with Crippen LogP contribution in [0.4, 0.5) is 0 Å². The Hall–Kier alpha value is -0.860. The van der Waals surface area contributed by atoms with Gasteiger partial charge >= 0.3 is 0 Å². The standard InChI is InChI=1S/C16H27NO/c1-5-16(18)12-17(10-13(2)3)11-15-8-6-14(4)7-9-15/h6-9,13,16,18H,5,10-12H2,1-4H3. The van der Waals surface area contributed by atoms with Crippen LogP contribution < -0.4 is 0 Å². The molecule has 0 aliphatic heterocycles. The minimum absolute atomic E-state index is 0.214. The van der Waals surface area contributed by atoms with Crippen LogP contribution in [0, 0.1) is 12.8 Å². The Kier molecular flexibility index (Phi) is 6.37. The van der Waals surface area contributed by atoms with Crippen LogP contribution in [0.5, 0.6) is 0 Å². The van der Waals surface area contributed by atoms with Gasteiger partial charge in [-0.05, 0) is 24.8 Å². The molecule has 0 aliphatic rings. The van der Waals surface area contributed by atoms with Gasteiger partial charge in [-0.2, -0.15) is 0 Å². The Bertz CT molecular complexity index is 331. The van der Waals surface area contributed by atoms with E-state index in [1.165, 1.54) is 11.1 Å². The number of hydrogen-bond acceptors (Lipinski definition) is 2. The second-order valence-electron chi connectivity index (χ2n) is 5.64. The fraction of sp³-hybridized carbons (Fsp3) is 0.625. The van der Waals surface area contributed by atoms with Crippen molar-refractivity contribution in [2.75, 3.05) is 13.1 Å². The maximum Gasteiger partial charge on any atom is 0.0664 e. The smallest absolute Gasteiger partial charge is 0.0664 e. The summed E-state index contributed by atoms with van der Waals surface area (Å²) in [6.45, 7) is 11.3. The van der Waals surface area contributed by atoms with Gasteiger partial charge in [-0.25, -0.2) is 0 Å². The summed E-state index contributed by atoms with van der Waals surface area (Å²) in [6, 6.07) is 8.67. The number of aliphatic hydroxyl groups excluding tert-OH is 1. The van der Waals surface area contributed by atoms with Gasteiger partial charge in [-0.15, -0.1) is 0 Å². The quantitative estimate of drug-likeness (QED) is 0.802. The number of hydrogen-bond donors (Lipinski definition) is 1. The molecule has 0 saturated carbocycles. The molecule has 0 aromatic heterocycles. The topological polar surface area (TPSA) is 23.5 Å². The van der Waals surface area contributed by atoms with E-state index in [-0.39, 0.29) is 6.10 Å². The monoisotopic (exact) mass is 249 g/mol. The molecule has 1 rings (SSSR count). The first-order valence-corrected chi connectivity index (χ1v) is 6.97. The molecular formula is C16H27NO. The van der Waals surface area contributed by atoms with E-state index in [0.29, 0.717) is 5.92 Å². The summed E-state index contributed by atoms with van der Waals surface area (Å²) in [6.07, 6.45) is 0.608. The molecule has 18 heavy (non-hydrogen) atoms. The lowest BCUT2D eigenvalue weighted by molar-refractivity contribution is 0.0986. The molecule has 1 unspecified atom stereocenters. The normalized spacial score (nSPS) is 13.3. The molecule has 1 aromatic rings. The summed E-state index contributed by atoms with van der Waals surface area (Å²) < 4.78 is 0. The number of rotatable bonds is 7. The first-order chi connectivity index (χ1) is 8.51. The average Bonchev–Trinajstić information content (AvgIpc) is 2.31. The van der Waals surface area contributed by atoms with Gasteiger partial charge in [-0.3, -0.25) is 4.90 Å². The van der Waals surface area contributed by atoms with Crippen LogP contribution in [0.3, 0.4) is 0 Å². The lowest BCUT2D eigenvalue weighted by Gasteiger charge is -2.26. The highest BCUT2D eigenvalue weighted by Crippen LogP contribution is 2.10. The molecule has 102 valence electrons. The third kappa shape index (κ3) is 5.65. The molecule has 0 saturated heterocycles. The molecule has 0 spiro atoms. The van der Waals surface area contributed by atoms with Crippen molar-refractivity contribution in [3.05, 3.63) is 35.4 Å². The van der Waals surface area contributed by atoms with Crippen molar-refractivity contribution >= 4 is 0 Å². The van der Waals surface area contributed by atoms with Crippen LogP contribution in [0.1, 0.15) is 38.3 Å². The van der Waals surface area contributed by atoms with Crippen molar-refractivity contribution in [2.24, 2.45) is 5.92 Å². The zero-order chi connectivity index (χ0) is 13.5. The molecule has 0 aliphatic carbocycles. The third-order valence-corrected chi connectivity index (χ3v) is 3.09. The van der Waals surface area contributed by atoms with Crippen molar-refractivity contribution in [1.82, 2.24) is 4.90 Å². The van der Waals surface area contributed by atoms with E-state index in [0.717, 1.165) is 26.1 Å². The van der Waals surface area contributed by atoms with E-state index in [4.69, 9.17) is 0 Å². The summed E-state index contributed by atoms with van der Waals surface area (Å²) in [7, 11) is 0. The van der Waals surface area contributed by atoms with Crippen LogP contribution in [0.25, 0.3) is 0 Å². The second kappa shape index (κ2) is 7.55. The van der Waals surface area contributed by atoms with Crippen LogP contribution in [0.2, 0.25) is 0 Å². The number of aryl methyl sites for hydroxylation is 1. The molecule has 0 amide bonds. The van der Waals surface area contributed by atoms with Crippen molar-refractivity contribution in [3.8, 4) is 0 Å². The number of nitrogens with zero attached hydrogens (tertiary/aromatic N) is 1. The maximum absolute atomic E-state index is 9.82. The maximum atomic E-state index is 9.82. The summed E-state index contributed by atoms with van der Waals surface area (Å²) in [5.41, 5.74) is 2.62. The fourth-order valence-corrected chi connectivity index (χ4v) is 2.10. The molecule has 1 aromatic carbocycles. The first-order valence-electron chi connectivity index (χ1n) is 6.97. The number of benzene rings is 1. The Balaban J connectivity index is 2.62. The van der Waals surface area contributed by atoms with Crippen molar-refractivity contribution in [3.63, 3.8) is 0 Å². The van der Waals surface area contributed by atoms with E-state index in [9.17, 15) is 5.11 Å². The van der Waals surface area contributed by atoms with Gasteiger partial charge in [0.15, 0.2) is 0 Å². The highest BCUT2D eigenvalue weighted by Gasteiger charge is 2.12. The van der Waals surface area contributed by atoms with Gasteiger partial charge in [0.1, 0.15) is 0 Å². The molecule has 2 heteroatoms. The second-order valence-corrected chi connectivity index (χ2v) is 5.64. The Morgan fingerprint density at radius 1 is 1.11 bits per heavy atom. The lowest BCUT2D eigenvalue weighted by Crippen LogP contribution is -2.34. The molecule has 0 radical (unpaired) electrons. The zero-order valence-corrected chi connectivity index (χ0v) is 12.2. The molecule has 2 nitrogen and oxygen atoms in total. The summed E-state index contributed by atoms with van der Waals surface area (Å²) >= 11 is 0. The lowest BCUT2D eigenvalue weighted by atomic mass is 10.1. The van der Waals surface area contributed by atoms with E-state index < -0.39 is 0 Å². The van der Waals surface area contributed by atoms with Crippen LogP contribution >= 0.6 is 0 Å². The third-order valence-electron chi connectivity index (χ3n) is 3.09. The predicted octanol–water partition coefficient (Wildman–Crippen LogP) is 3.22. The average molecular weight is 249 g/mol. The fourth-order valence-electron chi connectivity index (χ4n) is 2.10. The van der Waals surface area contributed by atoms with Gasteiger partial charge in [-0.1, -0.05) is 50.6 Å². The van der Waals surface area contributed by atoms with Gasteiger partial charge < -0.3 is 5.11 Å². The Morgan fingerprint density at radius 2 is 1.72 bits per heavy atom. The molecule has 0 fully saturated rings. The highest BCUT2D eigenvalue weighted by atomic mass is 16.3. The summed E-state index contributed by atoms with van der Waals surface area (Å²) in [4.78, 5) is 2.35.